The summed E-state index contributed by atoms with van der Waals surface area (Å²) >= 11 is 12.7. The molecule has 9 heteroatoms. The Kier molecular flexibility index (Phi) is 8.90. The molecule has 4 rings (SSSR count). The first-order valence-electron chi connectivity index (χ1n) is 12.1. The number of rotatable bonds is 11. The van der Waals surface area contributed by atoms with Gasteiger partial charge in [0.2, 0.25) is 5.91 Å². The third-order valence-corrected chi connectivity index (χ3v) is 6.90. The Labute approximate surface area is 226 Å². The highest BCUT2D eigenvalue weighted by atomic mass is 35.5. The number of fused-ring (bicyclic) bond motifs is 1. The van der Waals surface area contributed by atoms with E-state index < -0.39 is 0 Å². The van der Waals surface area contributed by atoms with E-state index in [1.54, 1.807) is 20.4 Å². The number of ether oxygens (including phenoxy) is 2. The van der Waals surface area contributed by atoms with Crippen LogP contribution in [0.4, 0.5) is 0 Å². The van der Waals surface area contributed by atoms with Crippen LogP contribution in [0.3, 0.4) is 0 Å². The Hall–Kier alpha value is -3.29. The largest absolute Gasteiger partial charge is 0.493 e. The van der Waals surface area contributed by atoms with Crippen molar-refractivity contribution in [1.29, 1.82) is 0 Å². The molecule has 0 bridgehead atoms. The van der Waals surface area contributed by atoms with Crippen molar-refractivity contribution >= 4 is 40.3 Å². The first-order chi connectivity index (χ1) is 17.9. The Morgan fingerprint density at radius 1 is 1.11 bits per heavy atom. The molecule has 2 aromatic heterocycles. The maximum absolute atomic E-state index is 12.7. The van der Waals surface area contributed by atoms with Gasteiger partial charge in [-0.3, -0.25) is 4.79 Å². The fraction of sp³-hybridized carbons (Fsp3) is 0.321. The standard InChI is InChI=1S/C28H30Cl2N4O3/c1-18(14-20-10-11-23(36-2)27(37-3)26(20)30)9-12-25(35)32-16-24-33-22-8-5-13-31-28(22)34(24)17-19-6-4-7-21(29)15-19/h4-8,10-11,13,15,18H,9,12,14,16-17H2,1-3H3,(H,32,35). The molecule has 1 unspecified atom stereocenters. The summed E-state index contributed by atoms with van der Waals surface area (Å²) in [6, 6.07) is 15.3. The molecule has 1 atom stereocenters. The van der Waals surface area contributed by atoms with Crippen LogP contribution >= 0.6 is 23.2 Å². The predicted octanol–water partition coefficient (Wildman–Crippen LogP) is 6.08. The number of pyridine rings is 1. The van der Waals surface area contributed by atoms with E-state index in [2.05, 4.69) is 17.2 Å². The van der Waals surface area contributed by atoms with Crippen LogP contribution in [-0.2, 0) is 24.3 Å². The molecule has 0 saturated heterocycles. The third kappa shape index (κ3) is 6.53. The number of carbonyl (C=O) groups excluding carboxylic acids is 1. The second kappa shape index (κ2) is 12.3. The minimum atomic E-state index is -0.0282. The number of amides is 1. The molecule has 0 fully saturated rings. The molecule has 0 saturated carbocycles. The first kappa shape index (κ1) is 26.8. The van der Waals surface area contributed by atoms with Crippen molar-refractivity contribution < 1.29 is 14.3 Å². The van der Waals surface area contributed by atoms with E-state index in [-0.39, 0.29) is 11.8 Å². The second-order valence-corrected chi connectivity index (χ2v) is 9.80. The molecular formula is C28H30Cl2N4O3. The highest BCUT2D eigenvalue weighted by Crippen LogP contribution is 2.38. The maximum atomic E-state index is 12.7. The topological polar surface area (TPSA) is 78.3 Å². The summed E-state index contributed by atoms with van der Waals surface area (Å²) in [6.45, 7) is 2.98. The monoisotopic (exact) mass is 540 g/mol. The van der Waals surface area contributed by atoms with Gasteiger partial charge in [-0.25, -0.2) is 9.97 Å². The SMILES string of the molecule is COc1ccc(CC(C)CCC(=O)NCc2nc3cccnc3n2Cc2cccc(Cl)c2)c(Cl)c1OC. The molecule has 0 aliphatic carbocycles. The molecule has 1 N–H and O–H groups in total. The van der Waals surface area contributed by atoms with E-state index in [9.17, 15) is 4.79 Å². The van der Waals surface area contributed by atoms with Gasteiger partial charge in [-0.1, -0.05) is 48.3 Å². The van der Waals surface area contributed by atoms with E-state index in [4.69, 9.17) is 37.7 Å². The minimum absolute atomic E-state index is 0.0282. The lowest BCUT2D eigenvalue weighted by Crippen LogP contribution is -2.25. The molecule has 37 heavy (non-hydrogen) atoms. The van der Waals surface area contributed by atoms with E-state index in [1.807, 2.05) is 53.1 Å². The number of hydrogen-bond acceptors (Lipinski definition) is 5. The zero-order chi connectivity index (χ0) is 26.4. The quantitative estimate of drug-likeness (QED) is 0.249. The van der Waals surface area contributed by atoms with Crippen LogP contribution in [0, 0.1) is 5.92 Å². The van der Waals surface area contributed by atoms with Crippen LogP contribution in [0.2, 0.25) is 10.0 Å². The molecular weight excluding hydrogens is 511 g/mol. The number of benzene rings is 2. The predicted molar refractivity (Wildman–Crippen MR) is 147 cm³/mol. The number of nitrogens with one attached hydrogen (secondary N) is 1. The minimum Gasteiger partial charge on any atom is -0.493 e. The highest BCUT2D eigenvalue weighted by Gasteiger charge is 2.17. The number of imidazole rings is 1. The molecule has 4 aromatic rings. The van der Waals surface area contributed by atoms with Gasteiger partial charge in [0.25, 0.3) is 0 Å². The fourth-order valence-corrected chi connectivity index (χ4v) is 4.86. The lowest BCUT2D eigenvalue weighted by Gasteiger charge is -2.16. The van der Waals surface area contributed by atoms with Gasteiger partial charge in [-0.05, 0) is 60.2 Å². The van der Waals surface area contributed by atoms with Gasteiger partial charge < -0.3 is 19.4 Å². The van der Waals surface area contributed by atoms with Crippen molar-refractivity contribution in [2.24, 2.45) is 5.92 Å². The normalized spacial score (nSPS) is 11.9. The molecule has 0 spiro atoms. The van der Waals surface area contributed by atoms with Crippen LogP contribution < -0.4 is 14.8 Å². The summed E-state index contributed by atoms with van der Waals surface area (Å²) in [5, 5.41) is 4.24. The average molecular weight is 541 g/mol. The van der Waals surface area contributed by atoms with Crippen molar-refractivity contribution in [1.82, 2.24) is 19.9 Å². The zero-order valence-electron chi connectivity index (χ0n) is 21.1. The highest BCUT2D eigenvalue weighted by molar-refractivity contribution is 6.33. The van der Waals surface area contributed by atoms with Crippen LogP contribution in [0.5, 0.6) is 11.5 Å². The fourth-order valence-electron chi connectivity index (χ4n) is 4.33. The van der Waals surface area contributed by atoms with Gasteiger partial charge in [0.1, 0.15) is 11.3 Å². The van der Waals surface area contributed by atoms with Gasteiger partial charge in [-0.15, -0.1) is 0 Å². The van der Waals surface area contributed by atoms with Crippen molar-refractivity contribution in [3.8, 4) is 11.5 Å². The summed E-state index contributed by atoms with van der Waals surface area (Å²) in [6.07, 6.45) is 3.59. The van der Waals surface area contributed by atoms with Crippen molar-refractivity contribution in [2.75, 3.05) is 14.2 Å². The molecule has 2 aromatic carbocycles. The molecule has 2 heterocycles. The van der Waals surface area contributed by atoms with E-state index in [1.165, 1.54) is 0 Å². The van der Waals surface area contributed by atoms with Crippen LogP contribution in [-0.4, -0.2) is 34.7 Å². The second-order valence-electron chi connectivity index (χ2n) is 8.99. The van der Waals surface area contributed by atoms with Crippen LogP contribution in [0.25, 0.3) is 11.2 Å². The first-order valence-corrected chi connectivity index (χ1v) is 12.9. The van der Waals surface area contributed by atoms with Crippen molar-refractivity contribution in [3.05, 3.63) is 81.7 Å². The zero-order valence-corrected chi connectivity index (χ0v) is 22.6. The number of hydrogen-bond donors (Lipinski definition) is 1. The summed E-state index contributed by atoms with van der Waals surface area (Å²) < 4.78 is 12.7. The summed E-state index contributed by atoms with van der Waals surface area (Å²) in [4.78, 5) is 21.9. The molecule has 0 aliphatic heterocycles. The number of carbonyl (C=O) groups is 1. The van der Waals surface area contributed by atoms with E-state index >= 15 is 0 Å². The molecule has 7 nitrogen and oxygen atoms in total. The van der Waals surface area contributed by atoms with Crippen LogP contribution in [0.15, 0.2) is 54.7 Å². The van der Waals surface area contributed by atoms with Crippen molar-refractivity contribution in [2.45, 2.75) is 39.3 Å². The smallest absolute Gasteiger partial charge is 0.220 e. The van der Waals surface area contributed by atoms with Crippen LogP contribution in [0.1, 0.15) is 36.7 Å². The Balaban J connectivity index is 1.37. The Morgan fingerprint density at radius 2 is 1.95 bits per heavy atom. The summed E-state index contributed by atoms with van der Waals surface area (Å²) in [5.74, 6) is 2.09. The third-order valence-electron chi connectivity index (χ3n) is 6.25. The summed E-state index contributed by atoms with van der Waals surface area (Å²) in [5.41, 5.74) is 3.56. The number of aromatic nitrogens is 3. The molecule has 1 amide bonds. The van der Waals surface area contributed by atoms with Gasteiger partial charge in [0.15, 0.2) is 17.1 Å². The van der Waals surface area contributed by atoms with E-state index in [0.717, 1.165) is 41.0 Å². The number of nitrogens with zero attached hydrogens (tertiary/aromatic N) is 3. The summed E-state index contributed by atoms with van der Waals surface area (Å²) in [7, 11) is 3.15. The molecule has 0 radical (unpaired) electrons. The lowest BCUT2D eigenvalue weighted by atomic mass is 9.96. The van der Waals surface area contributed by atoms with Gasteiger partial charge in [-0.2, -0.15) is 0 Å². The Morgan fingerprint density at radius 3 is 2.70 bits per heavy atom. The number of halogens is 2. The lowest BCUT2D eigenvalue weighted by molar-refractivity contribution is -0.121. The van der Waals surface area contributed by atoms with Gasteiger partial charge in [0.05, 0.1) is 32.3 Å². The van der Waals surface area contributed by atoms with Gasteiger partial charge >= 0.3 is 0 Å². The average Bonchev–Trinajstić information content (AvgIpc) is 3.24. The van der Waals surface area contributed by atoms with E-state index in [0.29, 0.717) is 41.1 Å². The Bertz CT molecular complexity index is 1390. The molecule has 194 valence electrons. The number of methoxy groups -OCH3 is 2. The maximum Gasteiger partial charge on any atom is 0.220 e. The van der Waals surface area contributed by atoms with Crippen molar-refractivity contribution in [3.63, 3.8) is 0 Å². The van der Waals surface area contributed by atoms with Gasteiger partial charge in [0, 0.05) is 17.6 Å². The molecule has 0 aliphatic rings.